The first-order valence-corrected chi connectivity index (χ1v) is 30.6. The molecule has 1 N–H and O–H groups in total. The zero-order valence-corrected chi connectivity index (χ0v) is 50.5. The molecule has 0 radical (unpaired) electrons. The molecular formula is C70H112NO8+. The quantitative estimate of drug-likeness (QED) is 0.0211. The number of rotatable bonds is 54. The number of carboxylic acids is 1. The highest BCUT2D eigenvalue weighted by molar-refractivity contribution is 5.71. The van der Waals surface area contributed by atoms with Gasteiger partial charge in [0.15, 0.2) is 6.10 Å². The number of carbonyl (C=O) groups excluding carboxylic acids is 2. The van der Waals surface area contributed by atoms with Gasteiger partial charge < -0.3 is 28.5 Å². The molecule has 0 aliphatic rings. The summed E-state index contributed by atoms with van der Waals surface area (Å²) in [6.07, 6.45) is 84.6. The molecule has 0 saturated heterocycles. The molecule has 0 rings (SSSR count). The fourth-order valence-corrected chi connectivity index (χ4v) is 7.64. The molecule has 0 amide bonds. The molecule has 444 valence electrons. The van der Waals surface area contributed by atoms with Gasteiger partial charge >= 0.3 is 17.9 Å². The van der Waals surface area contributed by atoms with Crippen LogP contribution in [-0.2, 0) is 33.3 Å². The molecule has 0 aromatic rings. The van der Waals surface area contributed by atoms with Crippen LogP contribution in [0.4, 0.5) is 0 Å². The average molecular weight is 1100 g/mol. The van der Waals surface area contributed by atoms with Crippen LogP contribution < -0.4 is 0 Å². The van der Waals surface area contributed by atoms with E-state index in [1.54, 1.807) is 0 Å². The summed E-state index contributed by atoms with van der Waals surface area (Å²) in [7, 11) is 5.95. The first-order valence-electron chi connectivity index (χ1n) is 30.6. The number of aliphatic carboxylic acids is 1. The monoisotopic (exact) mass is 1090 g/mol. The van der Waals surface area contributed by atoms with Crippen LogP contribution in [0.3, 0.4) is 0 Å². The first kappa shape index (κ1) is 73.9. The summed E-state index contributed by atoms with van der Waals surface area (Å²) in [5, 5.41) is 9.72. The zero-order chi connectivity index (χ0) is 57.6. The van der Waals surface area contributed by atoms with Gasteiger partial charge in [-0.3, -0.25) is 9.59 Å². The second-order valence-electron chi connectivity index (χ2n) is 20.9. The number of esters is 2. The van der Waals surface area contributed by atoms with Crippen molar-refractivity contribution in [2.75, 3.05) is 47.5 Å². The van der Waals surface area contributed by atoms with E-state index in [1.165, 1.54) is 25.7 Å². The predicted octanol–water partition coefficient (Wildman–Crippen LogP) is 18.6. The van der Waals surface area contributed by atoms with Gasteiger partial charge in [-0.2, -0.15) is 0 Å². The number of allylic oxidation sites excluding steroid dienone is 26. The number of quaternary nitrogens is 1. The molecule has 0 fully saturated rings. The highest BCUT2D eigenvalue weighted by Crippen LogP contribution is 2.14. The van der Waals surface area contributed by atoms with Gasteiger partial charge in [0.1, 0.15) is 13.2 Å². The molecule has 9 nitrogen and oxygen atoms in total. The fourth-order valence-electron chi connectivity index (χ4n) is 7.64. The predicted molar refractivity (Wildman–Crippen MR) is 336 cm³/mol. The van der Waals surface area contributed by atoms with Crippen LogP contribution in [-0.4, -0.2) is 87.4 Å². The van der Waals surface area contributed by atoms with Crippen LogP contribution in [0.25, 0.3) is 0 Å². The van der Waals surface area contributed by atoms with E-state index in [1.807, 2.05) is 21.1 Å². The van der Waals surface area contributed by atoms with E-state index in [0.29, 0.717) is 23.9 Å². The molecule has 79 heavy (non-hydrogen) atoms. The van der Waals surface area contributed by atoms with E-state index in [0.717, 1.165) is 141 Å². The lowest BCUT2D eigenvalue weighted by atomic mass is 10.1. The van der Waals surface area contributed by atoms with Crippen molar-refractivity contribution < 1.29 is 42.9 Å². The Kier molecular flexibility index (Phi) is 55.2. The lowest BCUT2D eigenvalue weighted by molar-refractivity contribution is -0.870. The normalized spacial score (nSPS) is 13.9. The Morgan fingerprint density at radius 3 is 1.01 bits per heavy atom. The largest absolute Gasteiger partial charge is 0.477 e. The summed E-state index contributed by atoms with van der Waals surface area (Å²) in [5.74, 6) is -2.06. The number of carbonyl (C=O) groups is 3. The molecule has 9 heteroatoms. The number of ether oxygens (including phenoxy) is 4. The van der Waals surface area contributed by atoms with Crippen LogP contribution in [0, 0.1) is 0 Å². The summed E-state index contributed by atoms with van der Waals surface area (Å²) in [6, 6.07) is 0. The Hall–Kier alpha value is -5.09. The number of hydrogen-bond donors (Lipinski definition) is 1. The summed E-state index contributed by atoms with van der Waals surface area (Å²) < 4.78 is 22.9. The van der Waals surface area contributed by atoms with Crippen molar-refractivity contribution in [2.24, 2.45) is 0 Å². The molecule has 2 atom stereocenters. The smallest absolute Gasteiger partial charge is 0.361 e. The molecular weight excluding hydrogens is 983 g/mol. The highest BCUT2D eigenvalue weighted by Gasteiger charge is 2.25. The van der Waals surface area contributed by atoms with Gasteiger partial charge in [0, 0.05) is 12.8 Å². The topological polar surface area (TPSA) is 108 Å². The fraction of sp³-hybridized carbons (Fsp3) is 0.586. The third-order valence-corrected chi connectivity index (χ3v) is 12.3. The Labute approximate surface area is 483 Å². The molecule has 0 aliphatic heterocycles. The minimum absolute atomic E-state index is 0.173. The number of nitrogens with zero attached hydrogens (tertiary/aromatic N) is 1. The van der Waals surface area contributed by atoms with Gasteiger partial charge in [0.25, 0.3) is 6.29 Å². The number of hydrogen-bond acceptors (Lipinski definition) is 7. The molecule has 0 bridgehead atoms. The lowest BCUT2D eigenvalue weighted by Crippen LogP contribution is -2.40. The van der Waals surface area contributed by atoms with Crippen molar-refractivity contribution in [1.29, 1.82) is 0 Å². The molecule has 0 spiro atoms. The van der Waals surface area contributed by atoms with Crippen molar-refractivity contribution in [1.82, 2.24) is 0 Å². The van der Waals surface area contributed by atoms with Crippen LogP contribution >= 0.6 is 0 Å². The molecule has 0 heterocycles. The Balaban J connectivity index is 4.30. The molecule has 0 aliphatic carbocycles. The van der Waals surface area contributed by atoms with Gasteiger partial charge in [-0.25, -0.2) is 4.79 Å². The number of unbranched alkanes of at least 4 members (excludes halogenated alkanes) is 13. The lowest BCUT2D eigenvalue weighted by Gasteiger charge is -2.25. The van der Waals surface area contributed by atoms with Crippen LogP contribution in [0.1, 0.15) is 206 Å². The standard InChI is InChI=1S/C70H111NO8/c1-6-8-10-12-14-16-18-20-22-24-26-28-29-30-31-32-33-34-35-36-37-38-39-41-43-45-47-49-51-53-55-57-59-61-68(73)79-66(65-78-70(69(74)75)76-63-62-71(3,4)5)64-77-67(72)60-58-56-54-52-50-48-46-44-42-40-27-25-23-21-19-17-15-13-11-9-7-2/h8-11,14-17,20-23,26-28,30-31,33-34,36-37,39-41,44,46,66,70H,6-7,12-13,18-19,24-25,29,32,35,38,42-43,45,47-65H2,1-5H3/p+1/b10-8-,11-9-,16-14-,17-15-,22-20-,23-21-,28-26-,31-30-,34-33-,37-36-,40-27-,41-39-,46-44-. The summed E-state index contributed by atoms with van der Waals surface area (Å²) >= 11 is 0. The molecule has 0 saturated carbocycles. The summed E-state index contributed by atoms with van der Waals surface area (Å²) in [4.78, 5) is 37.5. The highest BCUT2D eigenvalue weighted by atomic mass is 16.7. The minimum atomic E-state index is -1.53. The number of likely N-dealkylation sites (N-methyl/N-ethyl adjacent to an activating group) is 1. The summed E-state index contributed by atoms with van der Waals surface area (Å²) in [5.41, 5.74) is 0. The Bertz CT molecular complexity index is 1850. The van der Waals surface area contributed by atoms with Crippen molar-refractivity contribution in [3.8, 4) is 0 Å². The maximum absolute atomic E-state index is 12.9. The van der Waals surface area contributed by atoms with E-state index < -0.39 is 24.3 Å². The van der Waals surface area contributed by atoms with Gasteiger partial charge in [-0.15, -0.1) is 0 Å². The molecule has 0 aromatic heterocycles. The van der Waals surface area contributed by atoms with Crippen molar-refractivity contribution in [3.05, 3.63) is 158 Å². The maximum Gasteiger partial charge on any atom is 0.361 e. The minimum Gasteiger partial charge on any atom is -0.477 e. The van der Waals surface area contributed by atoms with Crippen molar-refractivity contribution in [2.45, 2.75) is 219 Å². The average Bonchev–Trinajstić information content (AvgIpc) is 3.42. The van der Waals surface area contributed by atoms with Crippen LogP contribution in [0.5, 0.6) is 0 Å². The van der Waals surface area contributed by atoms with Crippen molar-refractivity contribution in [3.63, 3.8) is 0 Å². The van der Waals surface area contributed by atoms with Crippen molar-refractivity contribution >= 4 is 17.9 Å². The van der Waals surface area contributed by atoms with Gasteiger partial charge in [0.05, 0.1) is 34.4 Å². The Morgan fingerprint density at radius 1 is 0.380 bits per heavy atom. The maximum atomic E-state index is 12.9. The zero-order valence-electron chi connectivity index (χ0n) is 50.5. The molecule has 0 aromatic carbocycles. The number of carboxylic acid groups (broad SMARTS) is 1. The van der Waals surface area contributed by atoms with E-state index in [9.17, 15) is 19.5 Å². The van der Waals surface area contributed by atoms with E-state index in [2.05, 4.69) is 172 Å². The van der Waals surface area contributed by atoms with Gasteiger partial charge in [-0.1, -0.05) is 230 Å². The second kappa shape index (κ2) is 59.0. The molecule has 2 unspecified atom stereocenters. The third kappa shape index (κ3) is 60.4. The van der Waals surface area contributed by atoms with Gasteiger partial charge in [0.2, 0.25) is 0 Å². The first-order chi connectivity index (χ1) is 38.6. The van der Waals surface area contributed by atoms with Gasteiger partial charge in [-0.05, 0) is 122 Å². The Morgan fingerprint density at radius 2 is 0.684 bits per heavy atom. The van der Waals surface area contributed by atoms with E-state index in [-0.39, 0.29) is 38.6 Å². The SMILES string of the molecule is CC/C=C\C/C=C\C/C=C\C/C=C\C/C=C\C/C=C\C/C=C\C/C=C\CCCCCCCCCCC(=O)OC(COC(=O)CCCCCCC/C=C\C/C=C\C/C=C\C/C=C\C/C=C\CC)COC(OCC[N+](C)(C)C)C(=O)O. The van der Waals surface area contributed by atoms with E-state index in [4.69, 9.17) is 18.9 Å². The van der Waals surface area contributed by atoms with Crippen LogP contribution in [0.2, 0.25) is 0 Å². The van der Waals surface area contributed by atoms with Crippen LogP contribution in [0.15, 0.2) is 158 Å². The second-order valence-corrected chi connectivity index (χ2v) is 20.9. The summed E-state index contributed by atoms with van der Waals surface area (Å²) in [6.45, 7) is 4.59. The van der Waals surface area contributed by atoms with E-state index >= 15 is 0 Å². The third-order valence-electron chi connectivity index (χ3n) is 12.3.